The first-order valence-corrected chi connectivity index (χ1v) is 6.92. The van der Waals surface area contributed by atoms with Gasteiger partial charge in [-0.15, -0.1) is 0 Å². The van der Waals surface area contributed by atoms with Crippen LogP contribution in [0.2, 0.25) is 0 Å². The molecule has 0 aliphatic carbocycles. The lowest BCUT2D eigenvalue weighted by Gasteiger charge is -2.24. The van der Waals surface area contributed by atoms with Crippen molar-refractivity contribution in [3.05, 3.63) is 53.7 Å². The van der Waals surface area contributed by atoms with Gasteiger partial charge in [-0.1, -0.05) is 39.0 Å². The molecule has 0 amide bonds. The van der Waals surface area contributed by atoms with E-state index in [1.165, 1.54) is 0 Å². The molecule has 1 aromatic heterocycles. The van der Waals surface area contributed by atoms with Gasteiger partial charge in [0.1, 0.15) is 5.82 Å². The van der Waals surface area contributed by atoms with E-state index in [2.05, 4.69) is 49.9 Å². The predicted molar refractivity (Wildman–Crippen MR) is 85.3 cm³/mol. The number of benzene rings is 1. The molecular formula is C17H23N3. The third-order valence-electron chi connectivity index (χ3n) is 3.36. The molecule has 0 saturated carbocycles. The predicted octanol–water partition coefficient (Wildman–Crippen LogP) is 3.61. The van der Waals surface area contributed by atoms with Crippen molar-refractivity contribution in [2.75, 3.05) is 11.9 Å². The highest BCUT2D eigenvalue weighted by molar-refractivity contribution is 5.59. The van der Waals surface area contributed by atoms with Crippen LogP contribution in [-0.4, -0.2) is 12.0 Å². The molecule has 2 aromatic rings. The van der Waals surface area contributed by atoms with E-state index in [1.54, 1.807) is 0 Å². The van der Waals surface area contributed by atoms with Gasteiger partial charge < -0.3 is 10.6 Å². The first-order valence-electron chi connectivity index (χ1n) is 6.92. The summed E-state index contributed by atoms with van der Waals surface area (Å²) in [5, 5.41) is 0. The first kappa shape index (κ1) is 14.5. The summed E-state index contributed by atoms with van der Waals surface area (Å²) in [6, 6.07) is 14.4. The molecule has 1 heterocycles. The minimum atomic E-state index is 0.0114. The lowest BCUT2D eigenvalue weighted by Crippen LogP contribution is -2.19. The molecule has 3 heteroatoms. The van der Waals surface area contributed by atoms with E-state index in [9.17, 15) is 0 Å². The molecule has 2 N–H and O–H groups in total. The molecule has 2 rings (SSSR count). The smallest absolute Gasteiger partial charge is 0.133 e. The van der Waals surface area contributed by atoms with E-state index in [4.69, 9.17) is 10.7 Å². The quantitative estimate of drug-likeness (QED) is 0.925. The molecule has 3 nitrogen and oxygen atoms in total. The minimum Gasteiger partial charge on any atom is -0.329 e. The van der Waals surface area contributed by atoms with Crippen LogP contribution in [0.5, 0.6) is 0 Å². The summed E-state index contributed by atoms with van der Waals surface area (Å²) in [7, 11) is 2.03. The van der Waals surface area contributed by atoms with Crippen LogP contribution in [0.4, 0.5) is 11.5 Å². The molecule has 1 aromatic carbocycles. The van der Waals surface area contributed by atoms with Gasteiger partial charge in [0, 0.05) is 30.4 Å². The second kappa shape index (κ2) is 5.63. The standard InChI is InChI=1S/C17H23N3/c1-17(2,3)15-10-13(12-18)11-16(19-15)20(4)14-8-6-5-7-9-14/h5-11H,12,18H2,1-4H3. The number of pyridine rings is 1. The molecule has 0 fully saturated rings. The summed E-state index contributed by atoms with van der Waals surface area (Å²) in [5.41, 5.74) is 9.14. The molecule has 0 unspecified atom stereocenters. The average molecular weight is 269 g/mol. The van der Waals surface area contributed by atoms with E-state index in [-0.39, 0.29) is 5.41 Å². The van der Waals surface area contributed by atoms with Gasteiger partial charge >= 0.3 is 0 Å². The Labute approximate surface area is 121 Å². The van der Waals surface area contributed by atoms with Gasteiger partial charge in [0.25, 0.3) is 0 Å². The van der Waals surface area contributed by atoms with Crippen LogP contribution in [-0.2, 0) is 12.0 Å². The van der Waals surface area contributed by atoms with Gasteiger partial charge in [0.05, 0.1) is 0 Å². The number of aromatic nitrogens is 1. The molecule has 0 radical (unpaired) electrons. The Balaban J connectivity index is 2.46. The van der Waals surface area contributed by atoms with Crippen LogP contribution >= 0.6 is 0 Å². The number of nitrogens with two attached hydrogens (primary N) is 1. The number of nitrogens with zero attached hydrogens (tertiary/aromatic N) is 2. The van der Waals surface area contributed by atoms with Gasteiger partial charge in [0.2, 0.25) is 0 Å². The fourth-order valence-corrected chi connectivity index (χ4v) is 2.03. The normalized spacial score (nSPS) is 11.4. The van der Waals surface area contributed by atoms with E-state index < -0.39 is 0 Å². The van der Waals surface area contributed by atoms with Crippen LogP contribution in [0.1, 0.15) is 32.0 Å². The van der Waals surface area contributed by atoms with Crippen LogP contribution in [0.3, 0.4) is 0 Å². The van der Waals surface area contributed by atoms with Crippen LogP contribution < -0.4 is 10.6 Å². The van der Waals surface area contributed by atoms with Crippen molar-refractivity contribution in [1.82, 2.24) is 4.98 Å². The molecule has 0 aliphatic rings. The molecular weight excluding hydrogens is 246 g/mol. The second-order valence-corrected chi connectivity index (χ2v) is 6.07. The van der Waals surface area contributed by atoms with Gasteiger partial charge in [0.15, 0.2) is 0 Å². The minimum absolute atomic E-state index is 0.0114. The average Bonchev–Trinajstić information content (AvgIpc) is 2.46. The molecule has 0 spiro atoms. The Morgan fingerprint density at radius 3 is 2.30 bits per heavy atom. The summed E-state index contributed by atoms with van der Waals surface area (Å²) >= 11 is 0. The largest absolute Gasteiger partial charge is 0.329 e. The van der Waals surface area contributed by atoms with Crippen molar-refractivity contribution >= 4 is 11.5 Å². The van der Waals surface area contributed by atoms with Crippen LogP contribution in [0, 0.1) is 0 Å². The maximum absolute atomic E-state index is 5.82. The van der Waals surface area contributed by atoms with Gasteiger partial charge in [-0.05, 0) is 29.8 Å². The van der Waals surface area contributed by atoms with Crippen molar-refractivity contribution in [2.45, 2.75) is 32.7 Å². The Morgan fingerprint density at radius 2 is 1.75 bits per heavy atom. The number of anilines is 2. The molecule has 20 heavy (non-hydrogen) atoms. The fourth-order valence-electron chi connectivity index (χ4n) is 2.03. The number of hydrogen-bond donors (Lipinski definition) is 1. The molecule has 0 aliphatic heterocycles. The lowest BCUT2D eigenvalue weighted by atomic mass is 9.90. The van der Waals surface area contributed by atoms with Gasteiger partial charge in [-0.25, -0.2) is 4.98 Å². The van der Waals surface area contributed by atoms with Crippen molar-refractivity contribution in [2.24, 2.45) is 5.73 Å². The van der Waals surface area contributed by atoms with Crippen molar-refractivity contribution in [3.63, 3.8) is 0 Å². The third kappa shape index (κ3) is 3.17. The maximum atomic E-state index is 5.82. The monoisotopic (exact) mass is 269 g/mol. The third-order valence-corrected chi connectivity index (χ3v) is 3.36. The molecule has 0 bridgehead atoms. The summed E-state index contributed by atoms with van der Waals surface area (Å²) in [6.45, 7) is 7.03. The Hall–Kier alpha value is -1.87. The van der Waals surface area contributed by atoms with Crippen LogP contribution in [0.15, 0.2) is 42.5 Å². The zero-order valence-electron chi connectivity index (χ0n) is 12.7. The fraction of sp³-hybridized carbons (Fsp3) is 0.353. The molecule has 0 atom stereocenters. The lowest BCUT2D eigenvalue weighted by molar-refractivity contribution is 0.568. The van der Waals surface area contributed by atoms with E-state index >= 15 is 0 Å². The van der Waals surface area contributed by atoms with Gasteiger partial charge in [-0.2, -0.15) is 0 Å². The first-order chi connectivity index (χ1) is 9.41. The highest BCUT2D eigenvalue weighted by Crippen LogP contribution is 2.27. The van der Waals surface area contributed by atoms with Crippen molar-refractivity contribution < 1.29 is 0 Å². The topological polar surface area (TPSA) is 42.1 Å². The zero-order valence-corrected chi connectivity index (χ0v) is 12.7. The zero-order chi connectivity index (χ0) is 14.8. The van der Waals surface area contributed by atoms with E-state index in [0.29, 0.717) is 6.54 Å². The molecule has 0 saturated heterocycles. The van der Waals surface area contributed by atoms with Crippen LogP contribution in [0.25, 0.3) is 0 Å². The summed E-state index contributed by atoms with van der Waals surface area (Å²) in [4.78, 5) is 6.89. The Morgan fingerprint density at radius 1 is 1.10 bits per heavy atom. The SMILES string of the molecule is CN(c1ccccc1)c1cc(CN)cc(C(C)(C)C)n1. The van der Waals surface area contributed by atoms with Crippen molar-refractivity contribution in [3.8, 4) is 0 Å². The van der Waals surface area contributed by atoms with E-state index in [0.717, 1.165) is 22.8 Å². The number of para-hydroxylation sites is 1. The molecule has 106 valence electrons. The second-order valence-electron chi connectivity index (χ2n) is 6.07. The Kier molecular flexibility index (Phi) is 4.09. The Bertz CT molecular complexity index is 571. The highest BCUT2D eigenvalue weighted by Gasteiger charge is 2.18. The maximum Gasteiger partial charge on any atom is 0.133 e. The number of hydrogen-bond acceptors (Lipinski definition) is 3. The van der Waals surface area contributed by atoms with Crippen molar-refractivity contribution in [1.29, 1.82) is 0 Å². The summed E-state index contributed by atoms with van der Waals surface area (Å²) < 4.78 is 0. The van der Waals surface area contributed by atoms with Gasteiger partial charge in [-0.3, -0.25) is 0 Å². The summed E-state index contributed by atoms with van der Waals surface area (Å²) in [5.74, 6) is 0.934. The highest BCUT2D eigenvalue weighted by atomic mass is 15.2. The number of rotatable bonds is 3. The van der Waals surface area contributed by atoms with E-state index in [1.807, 2.05) is 25.2 Å². The summed E-state index contributed by atoms with van der Waals surface area (Å²) in [6.07, 6.45) is 0.